The van der Waals surface area contributed by atoms with Crippen molar-refractivity contribution >= 4 is 6.09 Å². The second-order valence-electron chi connectivity index (χ2n) is 5.71. The van der Waals surface area contributed by atoms with E-state index in [1.165, 1.54) is 0 Å². The predicted octanol–water partition coefficient (Wildman–Crippen LogP) is 0.966. The standard InChI is InChI=1S/C11H25N3O2/c1-10(2,3)16-9(15)14-11(4,5)6-8(13)7-12/h8H,6-7,12-13H2,1-5H3,(H,14,15). The zero-order valence-electron chi connectivity index (χ0n) is 11.0. The number of carbonyl (C=O) groups excluding carboxylic acids is 1. The van der Waals surface area contributed by atoms with Gasteiger partial charge in [-0.2, -0.15) is 0 Å². The van der Waals surface area contributed by atoms with Gasteiger partial charge in [0.2, 0.25) is 0 Å². The first-order chi connectivity index (χ1) is 7.06. The lowest BCUT2D eigenvalue weighted by atomic mass is 9.96. The van der Waals surface area contributed by atoms with Crippen molar-refractivity contribution in [3.05, 3.63) is 0 Å². The zero-order valence-corrected chi connectivity index (χ0v) is 11.0. The van der Waals surface area contributed by atoms with Gasteiger partial charge in [-0.3, -0.25) is 0 Å². The summed E-state index contributed by atoms with van der Waals surface area (Å²) in [6, 6.07) is -0.120. The molecule has 5 nitrogen and oxygen atoms in total. The number of amides is 1. The molecule has 0 aliphatic heterocycles. The van der Waals surface area contributed by atoms with Gasteiger partial charge in [0.25, 0.3) is 0 Å². The Labute approximate surface area is 97.9 Å². The molecule has 0 aromatic rings. The molecule has 5 heteroatoms. The highest BCUT2D eigenvalue weighted by Gasteiger charge is 2.25. The summed E-state index contributed by atoms with van der Waals surface area (Å²) in [5, 5.41) is 2.78. The van der Waals surface area contributed by atoms with E-state index in [0.29, 0.717) is 13.0 Å². The number of nitrogens with one attached hydrogen (secondary N) is 1. The molecule has 0 spiro atoms. The minimum Gasteiger partial charge on any atom is -0.444 e. The second-order valence-corrected chi connectivity index (χ2v) is 5.71. The number of ether oxygens (including phenoxy) is 1. The topological polar surface area (TPSA) is 90.4 Å². The molecular formula is C11H25N3O2. The largest absolute Gasteiger partial charge is 0.444 e. The number of hydrogen-bond donors (Lipinski definition) is 3. The molecule has 1 unspecified atom stereocenters. The molecule has 16 heavy (non-hydrogen) atoms. The van der Waals surface area contributed by atoms with E-state index in [1.54, 1.807) is 0 Å². The molecule has 0 saturated heterocycles. The van der Waals surface area contributed by atoms with Gasteiger partial charge in [-0.15, -0.1) is 0 Å². The van der Waals surface area contributed by atoms with Crippen molar-refractivity contribution < 1.29 is 9.53 Å². The number of rotatable bonds is 4. The summed E-state index contributed by atoms with van der Waals surface area (Å²) in [7, 11) is 0. The fraction of sp³-hybridized carbons (Fsp3) is 0.909. The lowest BCUT2D eigenvalue weighted by Crippen LogP contribution is -2.50. The summed E-state index contributed by atoms with van der Waals surface area (Å²) in [4.78, 5) is 11.5. The van der Waals surface area contributed by atoms with E-state index in [9.17, 15) is 4.79 Å². The highest BCUT2D eigenvalue weighted by Crippen LogP contribution is 2.13. The average molecular weight is 231 g/mol. The molecule has 0 aliphatic rings. The molecule has 0 heterocycles. The minimum absolute atomic E-state index is 0.120. The van der Waals surface area contributed by atoms with Gasteiger partial charge in [0.15, 0.2) is 0 Å². The van der Waals surface area contributed by atoms with Crippen LogP contribution in [-0.2, 0) is 4.74 Å². The smallest absolute Gasteiger partial charge is 0.408 e. The summed E-state index contributed by atoms with van der Waals surface area (Å²) < 4.78 is 5.17. The van der Waals surface area contributed by atoms with E-state index in [-0.39, 0.29) is 6.04 Å². The molecule has 5 N–H and O–H groups in total. The minimum atomic E-state index is -0.490. The number of carbonyl (C=O) groups is 1. The Balaban J connectivity index is 4.20. The SMILES string of the molecule is CC(C)(CC(N)CN)NC(=O)OC(C)(C)C. The summed E-state index contributed by atoms with van der Waals surface area (Å²) in [6.07, 6.45) is 0.185. The maximum absolute atomic E-state index is 11.5. The first kappa shape index (κ1) is 15.2. The Hall–Kier alpha value is -0.810. The van der Waals surface area contributed by atoms with Gasteiger partial charge in [0, 0.05) is 18.1 Å². The van der Waals surface area contributed by atoms with Gasteiger partial charge < -0.3 is 21.5 Å². The van der Waals surface area contributed by atoms with Crippen LogP contribution in [0.1, 0.15) is 41.0 Å². The highest BCUT2D eigenvalue weighted by molar-refractivity contribution is 5.68. The van der Waals surface area contributed by atoms with E-state index < -0.39 is 17.2 Å². The Kier molecular flexibility index (Phi) is 5.22. The van der Waals surface area contributed by atoms with Gasteiger partial charge in [0.05, 0.1) is 0 Å². The molecule has 1 amide bonds. The van der Waals surface area contributed by atoms with Crippen molar-refractivity contribution in [2.45, 2.75) is 58.2 Å². The van der Waals surface area contributed by atoms with Crippen LogP contribution in [0.5, 0.6) is 0 Å². The lowest BCUT2D eigenvalue weighted by molar-refractivity contribution is 0.0465. The maximum Gasteiger partial charge on any atom is 0.408 e. The fourth-order valence-corrected chi connectivity index (χ4v) is 1.37. The fourth-order valence-electron chi connectivity index (χ4n) is 1.37. The van der Waals surface area contributed by atoms with Gasteiger partial charge in [-0.05, 0) is 41.0 Å². The Bertz CT molecular complexity index is 234. The Morgan fingerprint density at radius 3 is 2.19 bits per heavy atom. The van der Waals surface area contributed by atoms with Crippen LogP contribution in [0.25, 0.3) is 0 Å². The van der Waals surface area contributed by atoms with Crippen LogP contribution < -0.4 is 16.8 Å². The quantitative estimate of drug-likeness (QED) is 0.672. The molecule has 0 radical (unpaired) electrons. The number of alkyl carbamates (subject to hydrolysis) is 1. The molecule has 0 aliphatic carbocycles. The van der Waals surface area contributed by atoms with E-state index in [0.717, 1.165) is 0 Å². The van der Waals surface area contributed by atoms with E-state index in [2.05, 4.69) is 5.32 Å². The van der Waals surface area contributed by atoms with Gasteiger partial charge in [-0.1, -0.05) is 0 Å². The highest BCUT2D eigenvalue weighted by atomic mass is 16.6. The summed E-state index contributed by atoms with van der Waals surface area (Å²) >= 11 is 0. The number of hydrogen-bond acceptors (Lipinski definition) is 4. The van der Waals surface area contributed by atoms with Crippen LogP contribution >= 0.6 is 0 Å². The first-order valence-corrected chi connectivity index (χ1v) is 5.52. The lowest BCUT2D eigenvalue weighted by Gasteiger charge is -2.30. The summed E-state index contributed by atoms with van der Waals surface area (Å²) in [5.74, 6) is 0. The molecule has 0 aromatic heterocycles. The van der Waals surface area contributed by atoms with Gasteiger partial charge in [0.1, 0.15) is 5.60 Å². The normalized spacial score (nSPS) is 14.4. The Morgan fingerprint density at radius 2 is 1.81 bits per heavy atom. The summed E-state index contributed by atoms with van der Waals surface area (Å²) in [5.41, 5.74) is 10.3. The van der Waals surface area contributed by atoms with Crippen molar-refractivity contribution in [2.75, 3.05) is 6.54 Å². The monoisotopic (exact) mass is 231 g/mol. The van der Waals surface area contributed by atoms with Crippen molar-refractivity contribution in [1.82, 2.24) is 5.32 Å². The third kappa shape index (κ3) is 7.48. The molecule has 0 bridgehead atoms. The second kappa shape index (κ2) is 5.50. The third-order valence-corrected chi connectivity index (χ3v) is 1.91. The molecule has 1 atom stereocenters. The van der Waals surface area contributed by atoms with Crippen LogP contribution in [0.3, 0.4) is 0 Å². The van der Waals surface area contributed by atoms with Crippen LogP contribution in [0.4, 0.5) is 4.79 Å². The van der Waals surface area contributed by atoms with Crippen LogP contribution in [0.15, 0.2) is 0 Å². The van der Waals surface area contributed by atoms with Crippen molar-refractivity contribution in [2.24, 2.45) is 11.5 Å². The molecule has 96 valence electrons. The Morgan fingerprint density at radius 1 is 1.31 bits per heavy atom. The van der Waals surface area contributed by atoms with Crippen molar-refractivity contribution in [3.63, 3.8) is 0 Å². The van der Waals surface area contributed by atoms with Crippen molar-refractivity contribution in [3.8, 4) is 0 Å². The maximum atomic E-state index is 11.5. The molecule has 0 rings (SSSR count). The number of nitrogens with two attached hydrogens (primary N) is 2. The molecule has 0 saturated carbocycles. The van der Waals surface area contributed by atoms with Crippen LogP contribution in [0, 0.1) is 0 Å². The van der Waals surface area contributed by atoms with Crippen molar-refractivity contribution in [1.29, 1.82) is 0 Å². The van der Waals surface area contributed by atoms with Crippen LogP contribution in [0.2, 0.25) is 0 Å². The molecule has 0 fully saturated rings. The first-order valence-electron chi connectivity index (χ1n) is 5.52. The molecule has 0 aromatic carbocycles. The van der Waals surface area contributed by atoms with E-state index >= 15 is 0 Å². The predicted molar refractivity (Wildman–Crippen MR) is 65.1 cm³/mol. The van der Waals surface area contributed by atoms with E-state index in [1.807, 2.05) is 34.6 Å². The molecular weight excluding hydrogens is 206 g/mol. The van der Waals surface area contributed by atoms with Gasteiger partial charge >= 0.3 is 6.09 Å². The third-order valence-electron chi connectivity index (χ3n) is 1.91. The summed E-state index contributed by atoms with van der Waals surface area (Å²) in [6.45, 7) is 9.67. The van der Waals surface area contributed by atoms with Crippen LogP contribution in [-0.4, -0.2) is 29.8 Å². The zero-order chi connectivity index (χ0) is 13.0. The van der Waals surface area contributed by atoms with E-state index in [4.69, 9.17) is 16.2 Å². The van der Waals surface area contributed by atoms with Gasteiger partial charge in [-0.25, -0.2) is 4.79 Å². The average Bonchev–Trinajstić information content (AvgIpc) is 1.97.